The highest BCUT2D eigenvalue weighted by molar-refractivity contribution is 5.58. The van der Waals surface area contributed by atoms with Crippen LogP contribution in [0.4, 0.5) is 11.6 Å². The Morgan fingerprint density at radius 2 is 1.68 bits per heavy atom. The van der Waals surface area contributed by atoms with Crippen LogP contribution in [0.2, 0.25) is 0 Å². The molecule has 0 bridgehead atoms. The van der Waals surface area contributed by atoms with Gasteiger partial charge in [0.05, 0.1) is 13.3 Å². The van der Waals surface area contributed by atoms with Crippen molar-refractivity contribution >= 4 is 11.6 Å². The highest BCUT2D eigenvalue weighted by Crippen LogP contribution is 2.32. The van der Waals surface area contributed by atoms with Crippen molar-refractivity contribution < 1.29 is 0 Å². The molecular weight excluding hydrogens is 312 g/mol. The fourth-order valence-electron chi connectivity index (χ4n) is 3.97. The number of nitrogens with zero attached hydrogens (tertiary/aromatic N) is 4. The summed E-state index contributed by atoms with van der Waals surface area (Å²) in [6.07, 6.45) is 5.03. The van der Waals surface area contributed by atoms with E-state index in [1.54, 1.807) is 0 Å². The zero-order valence-corrected chi connectivity index (χ0v) is 15.3. The van der Waals surface area contributed by atoms with E-state index in [1.165, 1.54) is 31.2 Å². The quantitative estimate of drug-likeness (QED) is 0.841. The van der Waals surface area contributed by atoms with Gasteiger partial charge in [-0.1, -0.05) is 30.5 Å². The second-order valence-corrected chi connectivity index (χ2v) is 7.43. The van der Waals surface area contributed by atoms with Gasteiger partial charge in [-0.25, -0.2) is 4.98 Å². The molecule has 0 N–H and O–H groups in total. The van der Waals surface area contributed by atoms with Gasteiger partial charge in [-0.3, -0.25) is 19.2 Å². The Kier molecular flexibility index (Phi) is 4.12. The molecule has 5 heteroatoms. The average Bonchev–Trinajstić information content (AvgIpc) is 3.15. The van der Waals surface area contributed by atoms with Gasteiger partial charge in [-0.15, -0.1) is 0 Å². The van der Waals surface area contributed by atoms with Gasteiger partial charge in [0.25, 0.3) is 5.56 Å². The summed E-state index contributed by atoms with van der Waals surface area (Å²) >= 11 is 0. The van der Waals surface area contributed by atoms with Gasteiger partial charge in [0, 0.05) is 23.0 Å². The molecule has 2 aliphatic rings. The van der Waals surface area contributed by atoms with E-state index in [4.69, 9.17) is 4.98 Å². The van der Waals surface area contributed by atoms with Crippen LogP contribution in [0, 0.1) is 20.8 Å². The monoisotopic (exact) mass is 338 g/mol. The molecule has 0 atom stereocenters. The van der Waals surface area contributed by atoms with Crippen LogP contribution in [-0.4, -0.2) is 27.2 Å². The molecule has 2 aromatic rings. The predicted molar refractivity (Wildman–Crippen MR) is 100 cm³/mol. The van der Waals surface area contributed by atoms with Crippen molar-refractivity contribution in [1.82, 2.24) is 14.5 Å². The van der Waals surface area contributed by atoms with E-state index in [-0.39, 0.29) is 5.56 Å². The van der Waals surface area contributed by atoms with E-state index >= 15 is 0 Å². The molecule has 5 nitrogen and oxygen atoms in total. The number of rotatable bonds is 2. The van der Waals surface area contributed by atoms with Gasteiger partial charge >= 0.3 is 0 Å². The Balaban J connectivity index is 1.82. The van der Waals surface area contributed by atoms with Crippen LogP contribution in [0.15, 0.2) is 29.1 Å². The summed E-state index contributed by atoms with van der Waals surface area (Å²) in [5, 5.41) is 0. The summed E-state index contributed by atoms with van der Waals surface area (Å²) in [6.45, 7) is 7.34. The SMILES string of the molecule is Cc1ccc(N2CN(C3CCCC3)Cn3c2nc(C)c(C)c3=O)cc1. The minimum atomic E-state index is 0.0855. The molecule has 0 saturated heterocycles. The Morgan fingerprint density at radius 1 is 1.00 bits per heavy atom. The van der Waals surface area contributed by atoms with Crippen molar-refractivity contribution in [2.45, 2.75) is 59.2 Å². The van der Waals surface area contributed by atoms with Crippen LogP contribution < -0.4 is 10.5 Å². The first-order valence-electron chi connectivity index (χ1n) is 9.21. The van der Waals surface area contributed by atoms with Crippen LogP contribution >= 0.6 is 0 Å². The second kappa shape index (κ2) is 6.30. The Bertz CT molecular complexity index is 834. The number of hydrogen-bond acceptors (Lipinski definition) is 4. The van der Waals surface area contributed by atoms with Gasteiger partial charge in [0.15, 0.2) is 0 Å². The van der Waals surface area contributed by atoms with Crippen molar-refractivity contribution in [3.05, 3.63) is 51.4 Å². The zero-order chi connectivity index (χ0) is 17.6. The van der Waals surface area contributed by atoms with Crippen LogP contribution in [0.1, 0.15) is 42.5 Å². The normalized spacial score (nSPS) is 18.6. The smallest absolute Gasteiger partial charge is 0.259 e. The van der Waals surface area contributed by atoms with Gasteiger partial charge < -0.3 is 0 Å². The third-order valence-electron chi connectivity index (χ3n) is 5.69. The third kappa shape index (κ3) is 2.86. The van der Waals surface area contributed by atoms with Crippen LogP contribution in [0.3, 0.4) is 0 Å². The lowest BCUT2D eigenvalue weighted by Crippen LogP contribution is -2.50. The van der Waals surface area contributed by atoms with Crippen molar-refractivity contribution in [3.63, 3.8) is 0 Å². The standard InChI is InChI=1S/C20H26N4O/c1-14-8-10-18(11-9-14)23-12-22(17-6-4-5-7-17)13-24-19(25)15(2)16(3)21-20(23)24/h8-11,17H,4-7,12-13H2,1-3H3. The highest BCUT2D eigenvalue weighted by Gasteiger charge is 2.32. The van der Waals surface area contributed by atoms with Gasteiger partial charge in [-0.05, 0) is 45.7 Å². The lowest BCUT2D eigenvalue weighted by Gasteiger charge is -2.41. The summed E-state index contributed by atoms with van der Waals surface area (Å²) in [7, 11) is 0. The molecule has 132 valence electrons. The molecule has 0 spiro atoms. The van der Waals surface area contributed by atoms with E-state index in [1.807, 2.05) is 18.4 Å². The average molecular weight is 338 g/mol. The maximum absolute atomic E-state index is 12.9. The third-order valence-corrected chi connectivity index (χ3v) is 5.69. The number of benzene rings is 1. The molecule has 1 aromatic heterocycles. The van der Waals surface area contributed by atoms with E-state index in [9.17, 15) is 4.79 Å². The van der Waals surface area contributed by atoms with Crippen molar-refractivity contribution in [3.8, 4) is 0 Å². The van der Waals surface area contributed by atoms with Crippen LogP contribution in [-0.2, 0) is 6.67 Å². The topological polar surface area (TPSA) is 41.4 Å². The molecule has 1 fully saturated rings. The lowest BCUT2D eigenvalue weighted by atomic mass is 10.2. The second-order valence-electron chi connectivity index (χ2n) is 7.43. The van der Waals surface area contributed by atoms with Crippen molar-refractivity contribution in [2.75, 3.05) is 11.6 Å². The summed E-state index contributed by atoms with van der Waals surface area (Å²) in [5.74, 6) is 0.770. The number of hydrogen-bond donors (Lipinski definition) is 0. The maximum Gasteiger partial charge on any atom is 0.259 e. The highest BCUT2D eigenvalue weighted by atomic mass is 16.1. The molecule has 2 heterocycles. The molecule has 1 aromatic carbocycles. The largest absolute Gasteiger partial charge is 0.298 e. The predicted octanol–water partition coefficient (Wildman–Crippen LogP) is 3.48. The van der Waals surface area contributed by atoms with Gasteiger partial charge in [0.1, 0.15) is 0 Å². The Labute approximate surface area is 148 Å². The maximum atomic E-state index is 12.9. The first-order chi connectivity index (χ1) is 12.0. The summed E-state index contributed by atoms with van der Waals surface area (Å²) in [6, 6.07) is 9.05. The molecule has 0 unspecified atom stereocenters. The van der Waals surface area contributed by atoms with Gasteiger partial charge in [-0.2, -0.15) is 0 Å². The summed E-state index contributed by atoms with van der Waals surface area (Å²) < 4.78 is 1.85. The number of aromatic nitrogens is 2. The first kappa shape index (κ1) is 16.3. The number of anilines is 2. The van der Waals surface area contributed by atoms with E-state index in [0.717, 1.165) is 29.6 Å². The molecule has 1 aliphatic heterocycles. The molecule has 4 rings (SSSR count). The van der Waals surface area contributed by atoms with E-state index in [2.05, 4.69) is 41.0 Å². The van der Waals surface area contributed by atoms with E-state index < -0.39 is 0 Å². The molecule has 1 aliphatic carbocycles. The molecule has 0 radical (unpaired) electrons. The van der Waals surface area contributed by atoms with Crippen LogP contribution in [0.5, 0.6) is 0 Å². The number of fused-ring (bicyclic) bond motifs is 1. The molecular formula is C20H26N4O. The lowest BCUT2D eigenvalue weighted by molar-refractivity contribution is 0.138. The molecule has 0 amide bonds. The fourth-order valence-corrected chi connectivity index (χ4v) is 3.97. The first-order valence-corrected chi connectivity index (χ1v) is 9.21. The minimum absolute atomic E-state index is 0.0855. The van der Waals surface area contributed by atoms with Gasteiger partial charge in [0.2, 0.25) is 5.95 Å². The fraction of sp³-hybridized carbons (Fsp3) is 0.500. The minimum Gasteiger partial charge on any atom is -0.298 e. The Morgan fingerprint density at radius 3 is 2.36 bits per heavy atom. The number of aryl methyl sites for hydroxylation is 2. The van der Waals surface area contributed by atoms with Crippen molar-refractivity contribution in [1.29, 1.82) is 0 Å². The molecule has 1 saturated carbocycles. The zero-order valence-electron chi connectivity index (χ0n) is 15.3. The summed E-state index contributed by atoms with van der Waals surface area (Å²) in [5.41, 5.74) is 3.99. The van der Waals surface area contributed by atoms with Crippen molar-refractivity contribution in [2.24, 2.45) is 0 Å². The summed E-state index contributed by atoms with van der Waals surface area (Å²) in [4.78, 5) is 22.3. The Hall–Kier alpha value is -2.14. The van der Waals surface area contributed by atoms with E-state index in [0.29, 0.717) is 12.7 Å². The van der Waals surface area contributed by atoms with Crippen LogP contribution in [0.25, 0.3) is 0 Å². The molecule has 25 heavy (non-hydrogen) atoms.